The van der Waals surface area contributed by atoms with Gasteiger partial charge >= 0.3 is 0 Å². The van der Waals surface area contributed by atoms with Gasteiger partial charge in [0.2, 0.25) is 10.0 Å². The molecule has 0 aromatic heterocycles. The highest BCUT2D eigenvalue weighted by Crippen LogP contribution is 2.20. The summed E-state index contributed by atoms with van der Waals surface area (Å²) in [6, 6.07) is 13.5. The van der Waals surface area contributed by atoms with Crippen molar-refractivity contribution in [1.29, 1.82) is 0 Å². The first-order chi connectivity index (χ1) is 12.5. The van der Waals surface area contributed by atoms with Crippen LogP contribution in [0.3, 0.4) is 0 Å². The van der Waals surface area contributed by atoms with Crippen LogP contribution < -0.4 is 4.74 Å². The molecule has 26 heavy (non-hydrogen) atoms. The van der Waals surface area contributed by atoms with Gasteiger partial charge in [0.1, 0.15) is 18.2 Å². The average Bonchev–Trinajstić information content (AvgIpc) is 2.65. The van der Waals surface area contributed by atoms with Crippen molar-refractivity contribution >= 4 is 10.0 Å². The van der Waals surface area contributed by atoms with Crippen LogP contribution in [0.5, 0.6) is 5.75 Å². The van der Waals surface area contributed by atoms with Crippen molar-refractivity contribution in [2.75, 3.05) is 39.3 Å². The molecule has 2 aromatic rings. The third-order valence-corrected chi connectivity index (χ3v) is 6.41. The third-order valence-electron chi connectivity index (χ3n) is 4.52. The van der Waals surface area contributed by atoms with Crippen LogP contribution in [0, 0.1) is 12.7 Å². The Balaban J connectivity index is 1.52. The van der Waals surface area contributed by atoms with Gasteiger partial charge in [0.15, 0.2) is 0 Å². The van der Waals surface area contributed by atoms with Gasteiger partial charge in [-0.05, 0) is 42.8 Å². The molecule has 0 N–H and O–H groups in total. The van der Waals surface area contributed by atoms with E-state index in [0.717, 1.165) is 12.3 Å². The molecule has 2 aromatic carbocycles. The van der Waals surface area contributed by atoms with Gasteiger partial charge in [-0.25, -0.2) is 12.8 Å². The standard InChI is InChI=1S/C19H23FN2O3S/c1-16-15-18(7-8-19(16)20)26(23,24)22-11-9-21(10-12-22)13-14-25-17-5-3-2-4-6-17/h2-8,15H,9-14H2,1H3. The van der Waals surface area contributed by atoms with Crippen LogP contribution in [0.2, 0.25) is 0 Å². The van der Waals surface area contributed by atoms with Gasteiger partial charge in [-0.15, -0.1) is 0 Å². The molecule has 1 saturated heterocycles. The van der Waals surface area contributed by atoms with Gasteiger partial charge in [-0.1, -0.05) is 18.2 Å². The Labute approximate surface area is 154 Å². The van der Waals surface area contributed by atoms with Crippen LogP contribution in [-0.2, 0) is 10.0 Å². The maximum Gasteiger partial charge on any atom is 0.243 e. The van der Waals surface area contributed by atoms with Crippen molar-refractivity contribution < 1.29 is 17.5 Å². The molecule has 140 valence electrons. The van der Waals surface area contributed by atoms with E-state index in [2.05, 4.69) is 4.90 Å². The van der Waals surface area contributed by atoms with Crippen LogP contribution in [-0.4, -0.2) is 57.0 Å². The summed E-state index contributed by atoms with van der Waals surface area (Å²) in [7, 11) is -3.58. The molecule has 1 fully saturated rings. The molecular weight excluding hydrogens is 355 g/mol. The van der Waals surface area contributed by atoms with Crippen molar-refractivity contribution in [2.24, 2.45) is 0 Å². The summed E-state index contributed by atoms with van der Waals surface area (Å²) in [6.07, 6.45) is 0. The monoisotopic (exact) mass is 378 g/mol. The molecule has 0 saturated carbocycles. The number of hydrogen-bond donors (Lipinski definition) is 0. The molecule has 5 nitrogen and oxygen atoms in total. The number of halogens is 1. The van der Waals surface area contributed by atoms with E-state index in [1.54, 1.807) is 6.92 Å². The largest absolute Gasteiger partial charge is 0.492 e. The maximum atomic E-state index is 13.4. The van der Waals surface area contributed by atoms with Gasteiger partial charge in [0.05, 0.1) is 4.90 Å². The SMILES string of the molecule is Cc1cc(S(=O)(=O)N2CCN(CCOc3ccccc3)CC2)ccc1F. The number of benzene rings is 2. The normalized spacial score (nSPS) is 16.5. The van der Waals surface area contributed by atoms with E-state index in [0.29, 0.717) is 38.3 Å². The molecule has 0 amide bonds. The second-order valence-corrected chi connectivity index (χ2v) is 8.26. The first kappa shape index (κ1) is 18.8. The minimum absolute atomic E-state index is 0.150. The van der Waals surface area contributed by atoms with Crippen LogP contribution in [0.15, 0.2) is 53.4 Å². The van der Waals surface area contributed by atoms with Crippen LogP contribution in [0.4, 0.5) is 4.39 Å². The zero-order chi connectivity index (χ0) is 18.6. The van der Waals surface area contributed by atoms with Gasteiger partial charge < -0.3 is 4.74 Å². The highest BCUT2D eigenvalue weighted by molar-refractivity contribution is 7.89. The van der Waals surface area contributed by atoms with E-state index >= 15 is 0 Å². The molecule has 0 spiro atoms. The van der Waals surface area contributed by atoms with Crippen molar-refractivity contribution in [1.82, 2.24) is 9.21 Å². The van der Waals surface area contributed by atoms with Crippen molar-refractivity contribution in [3.05, 3.63) is 59.9 Å². The third kappa shape index (κ3) is 4.41. The van der Waals surface area contributed by atoms with Gasteiger partial charge in [0.25, 0.3) is 0 Å². The van der Waals surface area contributed by atoms with E-state index in [1.807, 2.05) is 30.3 Å². The van der Waals surface area contributed by atoms with Crippen molar-refractivity contribution in [3.8, 4) is 5.75 Å². The molecule has 1 aliphatic rings. The maximum absolute atomic E-state index is 13.4. The lowest BCUT2D eigenvalue weighted by Crippen LogP contribution is -2.49. The molecule has 0 aliphatic carbocycles. The first-order valence-corrected chi connectivity index (χ1v) is 10.1. The fraction of sp³-hybridized carbons (Fsp3) is 0.368. The summed E-state index contributed by atoms with van der Waals surface area (Å²) in [4.78, 5) is 2.34. The second kappa shape index (κ2) is 8.16. The van der Waals surface area contributed by atoms with Crippen LogP contribution in [0.1, 0.15) is 5.56 Å². The van der Waals surface area contributed by atoms with E-state index in [1.165, 1.54) is 22.5 Å². The van der Waals surface area contributed by atoms with E-state index in [4.69, 9.17) is 4.74 Å². The quantitative estimate of drug-likeness (QED) is 0.775. The molecule has 0 bridgehead atoms. The summed E-state index contributed by atoms with van der Waals surface area (Å²) in [6.45, 7) is 5.02. The molecule has 7 heteroatoms. The number of sulfonamides is 1. The summed E-state index contributed by atoms with van der Waals surface area (Å²) >= 11 is 0. The summed E-state index contributed by atoms with van der Waals surface area (Å²) in [5, 5.41) is 0. The molecule has 3 rings (SSSR count). The number of para-hydroxylation sites is 1. The highest BCUT2D eigenvalue weighted by Gasteiger charge is 2.28. The van der Waals surface area contributed by atoms with Crippen molar-refractivity contribution in [2.45, 2.75) is 11.8 Å². The topological polar surface area (TPSA) is 49.9 Å². The van der Waals surface area contributed by atoms with Gasteiger partial charge in [0, 0.05) is 32.7 Å². The Kier molecular flexibility index (Phi) is 5.90. The lowest BCUT2D eigenvalue weighted by molar-refractivity contribution is 0.159. The molecule has 0 unspecified atom stereocenters. The summed E-state index contributed by atoms with van der Waals surface area (Å²) < 4.78 is 46.0. The Hall–Kier alpha value is -1.96. The second-order valence-electron chi connectivity index (χ2n) is 6.32. The molecule has 1 aliphatic heterocycles. The Morgan fingerprint density at radius 3 is 2.38 bits per heavy atom. The Morgan fingerprint density at radius 2 is 1.73 bits per heavy atom. The molecular formula is C19H23FN2O3S. The predicted molar refractivity (Wildman–Crippen MR) is 98.3 cm³/mol. The molecule has 1 heterocycles. The van der Waals surface area contributed by atoms with Crippen LogP contribution >= 0.6 is 0 Å². The van der Waals surface area contributed by atoms with Crippen LogP contribution in [0.25, 0.3) is 0 Å². The lowest BCUT2D eigenvalue weighted by Gasteiger charge is -2.33. The predicted octanol–water partition coefficient (Wildman–Crippen LogP) is 2.52. The van der Waals surface area contributed by atoms with E-state index in [9.17, 15) is 12.8 Å². The fourth-order valence-corrected chi connectivity index (χ4v) is 4.44. The van der Waals surface area contributed by atoms with Crippen molar-refractivity contribution in [3.63, 3.8) is 0 Å². The zero-order valence-corrected chi connectivity index (χ0v) is 15.6. The first-order valence-electron chi connectivity index (χ1n) is 8.63. The van der Waals surface area contributed by atoms with Gasteiger partial charge in [-0.2, -0.15) is 4.31 Å². The molecule has 0 radical (unpaired) electrons. The minimum atomic E-state index is -3.58. The number of ether oxygens (including phenoxy) is 1. The van der Waals surface area contributed by atoms with E-state index in [-0.39, 0.29) is 4.90 Å². The minimum Gasteiger partial charge on any atom is -0.492 e. The summed E-state index contributed by atoms with van der Waals surface area (Å²) in [5.41, 5.74) is 0.336. The number of nitrogens with zero attached hydrogens (tertiary/aromatic N) is 2. The Bertz CT molecular complexity index is 835. The summed E-state index contributed by atoms with van der Waals surface area (Å²) in [5.74, 6) is 0.438. The highest BCUT2D eigenvalue weighted by atomic mass is 32.2. The number of aryl methyl sites for hydroxylation is 1. The molecule has 0 atom stereocenters. The average molecular weight is 378 g/mol. The smallest absolute Gasteiger partial charge is 0.243 e. The lowest BCUT2D eigenvalue weighted by atomic mass is 10.2. The number of rotatable bonds is 6. The fourth-order valence-electron chi connectivity index (χ4n) is 2.93. The Morgan fingerprint density at radius 1 is 1.04 bits per heavy atom. The number of hydrogen-bond acceptors (Lipinski definition) is 4. The number of piperazine rings is 1. The van der Waals surface area contributed by atoms with Gasteiger partial charge in [-0.3, -0.25) is 4.90 Å². The van der Waals surface area contributed by atoms with E-state index < -0.39 is 15.8 Å². The zero-order valence-electron chi connectivity index (χ0n) is 14.8.